The highest BCUT2D eigenvalue weighted by molar-refractivity contribution is 5.89. The number of hydrogen-bond acceptors (Lipinski definition) is 7. The van der Waals surface area contributed by atoms with E-state index in [2.05, 4.69) is 0 Å². The number of nitrogens with zero attached hydrogens (tertiary/aromatic N) is 1. The highest BCUT2D eigenvalue weighted by atomic mass is 16.5. The maximum Gasteiger partial charge on any atom is 0.410 e. The second-order valence-corrected chi connectivity index (χ2v) is 7.27. The number of carboxylic acid groups (broad SMARTS) is 1. The van der Waals surface area contributed by atoms with Crippen molar-refractivity contribution in [1.82, 2.24) is 4.90 Å². The summed E-state index contributed by atoms with van der Waals surface area (Å²) in [7, 11) is 1.16. The van der Waals surface area contributed by atoms with E-state index in [9.17, 15) is 19.5 Å². The van der Waals surface area contributed by atoms with E-state index in [1.54, 1.807) is 13.8 Å². The number of ether oxygens (including phenoxy) is 3. The average Bonchev–Trinajstić information content (AvgIpc) is 3.05. The minimum Gasteiger partial charge on any atom is -0.481 e. The van der Waals surface area contributed by atoms with Gasteiger partial charge in [0.1, 0.15) is 18.1 Å². The van der Waals surface area contributed by atoms with Crippen LogP contribution in [-0.4, -0.2) is 47.6 Å². The zero-order valence-electron chi connectivity index (χ0n) is 17.4. The standard InChI is InChI=1S/C22H23NO8/c1-22(2)23(21(26)27)15(13-30-22)9-10-16-11-17(24)18(19(31-16)20(25)28-3)29-12-14-7-5-4-6-8-14/h4-11,15H,12-13H2,1-3H3,(H,26,27). The summed E-state index contributed by atoms with van der Waals surface area (Å²) in [4.78, 5) is 37.5. The molecule has 3 rings (SSSR count). The van der Waals surface area contributed by atoms with Gasteiger partial charge in [0.15, 0.2) is 0 Å². The van der Waals surface area contributed by atoms with Crippen LogP contribution in [0.1, 0.15) is 35.7 Å². The Morgan fingerprint density at radius 3 is 2.65 bits per heavy atom. The third-order valence-corrected chi connectivity index (χ3v) is 4.73. The Morgan fingerprint density at radius 1 is 1.29 bits per heavy atom. The number of methoxy groups -OCH3 is 1. The molecule has 0 aliphatic carbocycles. The van der Waals surface area contributed by atoms with Crippen LogP contribution in [0.4, 0.5) is 4.79 Å². The molecule has 31 heavy (non-hydrogen) atoms. The van der Waals surface area contributed by atoms with Gasteiger partial charge in [-0.25, -0.2) is 9.59 Å². The summed E-state index contributed by atoms with van der Waals surface area (Å²) in [6, 6.07) is 9.70. The average molecular weight is 429 g/mol. The van der Waals surface area contributed by atoms with E-state index < -0.39 is 29.3 Å². The van der Waals surface area contributed by atoms with Crippen molar-refractivity contribution in [2.75, 3.05) is 13.7 Å². The number of benzene rings is 1. The first-order valence-corrected chi connectivity index (χ1v) is 9.50. The number of amides is 1. The van der Waals surface area contributed by atoms with E-state index in [-0.39, 0.29) is 30.5 Å². The molecule has 1 atom stereocenters. The lowest BCUT2D eigenvalue weighted by atomic mass is 10.2. The van der Waals surface area contributed by atoms with Gasteiger partial charge in [-0.15, -0.1) is 0 Å². The maximum absolute atomic E-state index is 12.6. The summed E-state index contributed by atoms with van der Waals surface area (Å²) in [6.07, 6.45) is 1.81. The Kier molecular flexibility index (Phi) is 6.45. The van der Waals surface area contributed by atoms with Gasteiger partial charge in [0.2, 0.25) is 11.2 Å². The van der Waals surface area contributed by atoms with Crippen molar-refractivity contribution in [3.05, 3.63) is 69.8 Å². The molecule has 0 spiro atoms. The number of hydrogen-bond donors (Lipinski definition) is 1. The Bertz CT molecular complexity index is 1040. The fraction of sp³-hybridized carbons (Fsp3) is 0.318. The van der Waals surface area contributed by atoms with Gasteiger partial charge in [-0.05, 0) is 25.5 Å². The highest BCUT2D eigenvalue weighted by Gasteiger charge is 2.42. The van der Waals surface area contributed by atoms with Crippen LogP contribution < -0.4 is 10.2 Å². The molecule has 9 heteroatoms. The summed E-state index contributed by atoms with van der Waals surface area (Å²) < 4.78 is 21.3. The summed E-state index contributed by atoms with van der Waals surface area (Å²) in [5.74, 6) is -1.45. The van der Waals surface area contributed by atoms with E-state index >= 15 is 0 Å². The maximum atomic E-state index is 12.6. The van der Waals surface area contributed by atoms with Gasteiger partial charge < -0.3 is 23.7 Å². The van der Waals surface area contributed by atoms with Crippen molar-refractivity contribution in [2.24, 2.45) is 0 Å². The van der Waals surface area contributed by atoms with Crippen molar-refractivity contribution in [2.45, 2.75) is 32.2 Å². The topological polar surface area (TPSA) is 116 Å². The van der Waals surface area contributed by atoms with Crippen LogP contribution >= 0.6 is 0 Å². The van der Waals surface area contributed by atoms with Crippen LogP contribution in [0.15, 0.2) is 51.7 Å². The number of esters is 1. The summed E-state index contributed by atoms with van der Waals surface area (Å²) in [5, 5.41) is 9.46. The molecular weight excluding hydrogens is 406 g/mol. The summed E-state index contributed by atoms with van der Waals surface area (Å²) in [6.45, 7) is 3.49. The van der Waals surface area contributed by atoms with Gasteiger partial charge >= 0.3 is 12.1 Å². The Labute approximate surface area is 178 Å². The van der Waals surface area contributed by atoms with Gasteiger partial charge in [0.05, 0.1) is 19.8 Å². The highest BCUT2D eigenvalue weighted by Crippen LogP contribution is 2.28. The fourth-order valence-corrected chi connectivity index (χ4v) is 3.23. The predicted octanol–water partition coefficient (Wildman–Crippen LogP) is 3.13. The molecular formula is C22H23NO8. The molecule has 1 aliphatic rings. The number of carbonyl (C=O) groups excluding carboxylic acids is 1. The minimum absolute atomic E-state index is 0.0486. The van der Waals surface area contributed by atoms with E-state index in [0.29, 0.717) is 0 Å². The van der Waals surface area contributed by atoms with Gasteiger partial charge in [0.25, 0.3) is 5.76 Å². The van der Waals surface area contributed by atoms with E-state index in [1.165, 1.54) is 12.2 Å². The molecule has 1 unspecified atom stereocenters. The van der Waals surface area contributed by atoms with Crippen LogP contribution in [0.3, 0.4) is 0 Å². The molecule has 2 heterocycles. The molecule has 0 saturated carbocycles. The van der Waals surface area contributed by atoms with Gasteiger partial charge in [-0.1, -0.05) is 36.4 Å². The molecule has 1 aromatic carbocycles. The van der Waals surface area contributed by atoms with E-state index in [1.807, 2.05) is 30.3 Å². The molecule has 164 valence electrons. The second kappa shape index (κ2) is 9.05. The first-order valence-electron chi connectivity index (χ1n) is 9.50. The largest absolute Gasteiger partial charge is 0.481 e. The van der Waals surface area contributed by atoms with Crippen LogP contribution in [0.25, 0.3) is 6.08 Å². The smallest absolute Gasteiger partial charge is 0.410 e. The molecule has 9 nitrogen and oxygen atoms in total. The Hall–Kier alpha value is -3.59. The monoisotopic (exact) mass is 429 g/mol. The molecule has 1 N–H and O–H groups in total. The SMILES string of the molecule is COC(=O)c1oc(C=CC2COC(C)(C)N2C(=O)O)cc(=O)c1OCc1ccccc1. The third kappa shape index (κ3) is 4.95. The predicted molar refractivity (Wildman–Crippen MR) is 110 cm³/mol. The van der Waals surface area contributed by atoms with Crippen LogP contribution in [0.2, 0.25) is 0 Å². The zero-order chi connectivity index (χ0) is 22.6. The van der Waals surface area contributed by atoms with Gasteiger partial charge in [-0.2, -0.15) is 0 Å². The first kappa shape index (κ1) is 22.1. The summed E-state index contributed by atoms with van der Waals surface area (Å²) in [5.41, 5.74) is -0.756. The van der Waals surface area contributed by atoms with Crippen molar-refractivity contribution < 1.29 is 33.3 Å². The van der Waals surface area contributed by atoms with Crippen LogP contribution in [0, 0.1) is 0 Å². The van der Waals surface area contributed by atoms with E-state index in [0.717, 1.165) is 23.6 Å². The lowest BCUT2D eigenvalue weighted by Crippen LogP contribution is -2.46. The molecule has 1 aromatic heterocycles. The fourth-order valence-electron chi connectivity index (χ4n) is 3.23. The third-order valence-electron chi connectivity index (χ3n) is 4.73. The Balaban J connectivity index is 1.88. The normalized spacial score (nSPS) is 17.6. The second-order valence-electron chi connectivity index (χ2n) is 7.27. The molecule has 1 aliphatic heterocycles. The lowest BCUT2D eigenvalue weighted by molar-refractivity contribution is -0.0409. The van der Waals surface area contributed by atoms with Gasteiger partial charge in [-0.3, -0.25) is 9.69 Å². The van der Waals surface area contributed by atoms with Crippen LogP contribution in [-0.2, 0) is 16.1 Å². The van der Waals surface area contributed by atoms with Crippen molar-refractivity contribution >= 4 is 18.1 Å². The number of rotatable bonds is 6. The zero-order valence-corrected chi connectivity index (χ0v) is 17.4. The minimum atomic E-state index is -1.14. The first-order chi connectivity index (χ1) is 14.7. The molecule has 0 radical (unpaired) electrons. The van der Waals surface area contributed by atoms with Crippen molar-refractivity contribution in [1.29, 1.82) is 0 Å². The van der Waals surface area contributed by atoms with Crippen molar-refractivity contribution in [3.8, 4) is 5.75 Å². The number of carbonyl (C=O) groups is 2. The summed E-state index contributed by atoms with van der Waals surface area (Å²) >= 11 is 0. The van der Waals surface area contributed by atoms with Crippen molar-refractivity contribution in [3.63, 3.8) is 0 Å². The lowest BCUT2D eigenvalue weighted by Gasteiger charge is -2.29. The quantitative estimate of drug-likeness (QED) is 0.697. The molecule has 1 amide bonds. The molecule has 1 fully saturated rings. The van der Waals surface area contributed by atoms with E-state index in [4.69, 9.17) is 18.6 Å². The van der Waals surface area contributed by atoms with Gasteiger partial charge in [0, 0.05) is 6.07 Å². The molecule has 2 aromatic rings. The molecule has 0 bridgehead atoms. The molecule has 1 saturated heterocycles. The van der Waals surface area contributed by atoms with Crippen LogP contribution in [0.5, 0.6) is 5.75 Å². The Morgan fingerprint density at radius 2 is 2.00 bits per heavy atom.